The number of nitrogens with two attached hydrogens (primary N) is 1. The van der Waals surface area contributed by atoms with Crippen LogP contribution in [0.1, 0.15) is 30.1 Å². The Kier molecular flexibility index (Phi) is 4.95. The molecule has 4 heteroatoms. The molecule has 0 aliphatic carbocycles. The largest absolute Gasteiger partial charge is 0.497 e. The molecule has 4 nitrogen and oxygen atoms in total. The van der Waals surface area contributed by atoms with Gasteiger partial charge >= 0.3 is 0 Å². The molecule has 3 N–H and O–H groups in total. The molecule has 110 valence electrons. The van der Waals surface area contributed by atoms with Gasteiger partial charge in [-0.3, -0.25) is 4.79 Å². The van der Waals surface area contributed by atoms with E-state index in [1.54, 1.807) is 7.11 Å². The van der Waals surface area contributed by atoms with Crippen molar-refractivity contribution in [3.05, 3.63) is 65.7 Å². The summed E-state index contributed by atoms with van der Waals surface area (Å²) in [4.78, 5) is 12.2. The average molecular weight is 284 g/mol. The number of carbonyl (C=O) groups is 1. The van der Waals surface area contributed by atoms with E-state index in [-0.39, 0.29) is 11.9 Å². The normalized spacial score (nSPS) is 13.3. The molecule has 0 aromatic heterocycles. The Balaban J connectivity index is 2.04. The number of methoxy groups -OCH3 is 1. The molecular formula is C17H20N2O2. The topological polar surface area (TPSA) is 64.3 Å². The van der Waals surface area contributed by atoms with E-state index in [1.165, 1.54) is 0 Å². The van der Waals surface area contributed by atoms with Gasteiger partial charge in [-0.05, 0) is 30.2 Å². The van der Waals surface area contributed by atoms with Gasteiger partial charge in [-0.1, -0.05) is 42.5 Å². The van der Waals surface area contributed by atoms with E-state index in [4.69, 9.17) is 10.5 Å². The molecule has 0 aliphatic heterocycles. The van der Waals surface area contributed by atoms with Crippen molar-refractivity contribution < 1.29 is 9.53 Å². The van der Waals surface area contributed by atoms with Gasteiger partial charge in [0.1, 0.15) is 11.8 Å². The minimum Gasteiger partial charge on any atom is -0.497 e. The lowest BCUT2D eigenvalue weighted by molar-refractivity contribution is -0.123. The number of hydrogen-bond donors (Lipinski definition) is 2. The fourth-order valence-corrected chi connectivity index (χ4v) is 2.11. The van der Waals surface area contributed by atoms with Crippen LogP contribution in [0.4, 0.5) is 0 Å². The van der Waals surface area contributed by atoms with E-state index >= 15 is 0 Å². The summed E-state index contributed by atoms with van der Waals surface area (Å²) in [6, 6.07) is 16.1. The van der Waals surface area contributed by atoms with Gasteiger partial charge in [0.15, 0.2) is 0 Å². The Labute approximate surface area is 124 Å². The molecule has 0 heterocycles. The first-order chi connectivity index (χ1) is 10.1. The van der Waals surface area contributed by atoms with E-state index < -0.39 is 6.04 Å². The number of benzene rings is 2. The number of amides is 1. The Morgan fingerprint density at radius 3 is 2.43 bits per heavy atom. The highest BCUT2D eigenvalue weighted by Gasteiger charge is 2.18. The lowest BCUT2D eigenvalue weighted by Gasteiger charge is -2.18. The molecule has 0 fully saturated rings. The molecule has 0 aliphatic rings. The second-order valence-corrected chi connectivity index (χ2v) is 4.90. The molecule has 0 saturated carbocycles. The number of carbonyl (C=O) groups excluding carboxylic acids is 1. The quantitative estimate of drug-likeness (QED) is 0.887. The van der Waals surface area contributed by atoms with E-state index in [0.29, 0.717) is 0 Å². The van der Waals surface area contributed by atoms with Crippen LogP contribution in [0.5, 0.6) is 5.75 Å². The number of ether oxygens (including phenoxy) is 1. The molecule has 2 aromatic rings. The van der Waals surface area contributed by atoms with Crippen LogP contribution in [0.3, 0.4) is 0 Å². The summed E-state index contributed by atoms with van der Waals surface area (Å²) in [5.41, 5.74) is 7.76. The molecular weight excluding hydrogens is 264 g/mol. The third-order valence-corrected chi connectivity index (χ3v) is 3.39. The van der Waals surface area contributed by atoms with Crippen LogP contribution in [0.25, 0.3) is 0 Å². The van der Waals surface area contributed by atoms with Crippen LogP contribution in [-0.4, -0.2) is 13.0 Å². The van der Waals surface area contributed by atoms with Crippen LogP contribution in [0.2, 0.25) is 0 Å². The molecule has 2 atom stereocenters. The van der Waals surface area contributed by atoms with Gasteiger partial charge in [0.2, 0.25) is 5.91 Å². The highest BCUT2D eigenvalue weighted by molar-refractivity contribution is 5.83. The molecule has 2 aromatic carbocycles. The first-order valence-electron chi connectivity index (χ1n) is 6.86. The summed E-state index contributed by atoms with van der Waals surface area (Å²) >= 11 is 0. The second kappa shape index (κ2) is 6.90. The van der Waals surface area contributed by atoms with Crippen molar-refractivity contribution >= 4 is 5.91 Å². The minimum absolute atomic E-state index is 0.137. The SMILES string of the molecule is COc1cccc(C(C)NC(=O)[C@H](N)c2ccccc2)c1. The average Bonchev–Trinajstić information content (AvgIpc) is 2.54. The summed E-state index contributed by atoms with van der Waals surface area (Å²) in [5, 5.41) is 2.93. The zero-order valence-corrected chi connectivity index (χ0v) is 12.2. The number of rotatable bonds is 5. The Bertz CT molecular complexity index is 599. The lowest BCUT2D eigenvalue weighted by Crippen LogP contribution is -2.35. The molecule has 21 heavy (non-hydrogen) atoms. The van der Waals surface area contributed by atoms with Crippen molar-refractivity contribution in [1.82, 2.24) is 5.32 Å². The fourth-order valence-electron chi connectivity index (χ4n) is 2.11. The van der Waals surface area contributed by atoms with Gasteiger partial charge in [-0.25, -0.2) is 0 Å². The molecule has 1 amide bonds. The van der Waals surface area contributed by atoms with E-state index in [9.17, 15) is 4.79 Å². The van der Waals surface area contributed by atoms with Crippen molar-refractivity contribution in [1.29, 1.82) is 0 Å². The number of nitrogens with one attached hydrogen (secondary N) is 1. The molecule has 0 radical (unpaired) electrons. The minimum atomic E-state index is -0.667. The van der Waals surface area contributed by atoms with Crippen LogP contribution >= 0.6 is 0 Å². The van der Waals surface area contributed by atoms with E-state index in [1.807, 2.05) is 61.5 Å². The highest BCUT2D eigenvalue weighted by atomic mass is 16.5. The third-order valence-electron chi connectivity index (χ3n) is 3.39. The molecule has 0 saturated heterocycles. The second-order valence-electron chi connectivity index (χ2n) is 4.90. The summed E-state index contributed by atoms with van der Waals surface area (Å²) in [5.74, 6) is 0.567. The zero-order chi connectivity index (χ0) is 15.2. The van der Waals surface area contributed by atoms with Crippen LogP contribution in [0, 0.1) is 0 Å². The van der Waals surface area contributed by atoms with E-state index in [0.717, 1.165) is 16.9 Å². The first-order valence-corrected chi connectivity index (χ1v) is 6.86. The molecule has 2 rings (SSSR count). The maximum Gasteiger partial charge on any atom is 0.241 e. The van der Waals surface area contributed by atoms with Gasteiger partial charge in [0, 0.05) is 0 Å². The van der Waals surface area contributed by atoms with Crippen LogP contribution in [0.15, 0.2) is 54.6 Å². The van der Waals surface area contributed by atoms with Crippen molar-refractivity contribution in [2.45, 2.75) is 19.0 Å². The predicted octanol–water partition coefficient (Wildman–Crippen LogP) is 2.57. The maximum atomic E-state index is 12.2. The first kappa shape index (κ1) is 15.1. The van der Waals surface area contributed by atoms with Gasteiger partial charge in [-0.2, -0.15) is 0 Å². The van der Waals surface area contributed by atoms with Crippen molar-refractivity contribution in [3.63, 3.8) is 0 Å². The summed E-state index contributed by atoms with van der Waals surface area (Å²) in [6.07, 6.45) is 0. The predicted molar refractivity (Wildman–Crippen MR) is 82.9 cm³/mol. The fraction of sp³-hybridized carbons (Fsp3) is 0.235. The number of hydrogen-bond acceptors (Lipinski definition) is 3. The Hall–Kier alpha value is -2.33. The van der Waals surface area contributed by atoms with Crippen molar-refractivity contribution in [2.75, 3.05) is 7.11 Å². The van der Waals surface area contributed by atoms with E-state index in [2.05, 4.69) is 5.32 Å². The summed E-state index contributed by atoms with van der Waals surface area (Å²) in [6.45, 7) is 1.92. The van der Waals surface area contributed by atoms with Gasteiger partial charge < -0.3 is 15.8 Å². The monoisotopic (exact) mass is 284 g/mol. The molecule has 1 unspecified atom stereocenters. The standard InChI is InChI=1S/C17H20N2O2/c1-12(14-9-6-10-15(11-14)21-2)19-17(20)16(18)13-7-4-3-5-8-13/h3-12,16H,18H2,1-2H3,(H,19,20)/t12?,16-/m1/s1. The van der Waals surface area contributed by atoms with Crippen LogP contribution < -0.4 is 15.8 Å². The molecule has 0 bridgehead atoms. The van der Waals surface area contributed by atoms with Crippen molar-refractivity contribution in [2.24, 2.45) is 5.73 Å². The lowest BCUT2D eigenvalue weighted by atomic mass is 10.0. The van der Waals surface area contributed by atoms with Gasteiger partial charge in [0.25, 0.3) is 0 Å². The third kappa shape index (κ3) is 3.83. The Morgan fingerprint density at radius 1 is 1.10 bits per heavy atom. The van der Waals surface area contributed by atoms with Crippen molar-refractivity contribution in [3.8, 4) is 5.75 Å². The summed E-state index contributed by atoms with van der Waals surface area (Å²) in [7, 11) is 1.62. The van der Waals surface area contributed by atoms with Gasteiger partial charge in [0.05, 0.1) is 13.2 Å². The Morgan fingerprint density at radius 2 is 1.76 bits per heavy atom. The van der Waals surface area contributed by atoms with Gasteiger partial charge in [-0.15, -0.1) is 0 Å². The van der Waals surface area contributed by atoms with Crippen LogP contribution in [-0.2, 0) is 4.79 Å². The smallest absolute Gasteiger partial charge is 0.241 e. The zero-order valence-electron chi connectivity index (χ0n) is 12.2. The highest BCUT2D eigenvalue weighted by Crippen LogP contribution is 2.19. The summed E-state index contributed by atoms with van der Waals surface area (Å²) < 4.78 is 5.19. The maximum absolute atomic E-state index is 12.2. The molecule has 0 spiro atoms.